The Kier molecular flexibility index (Phi) is 2.75. The standard InChI is InChI=1S/C11H9ClN6O/c1-6-8(12)9(18(2)16-6)11-14-10(17-19-11)7-4-3-5-13-15-7/h3-5H,1-2H3. The molecule has 0 aliphatic carbocycles. The van der Waals surface area contributed by atoms with Crippen molar-refractivity contribution in [1.82, 2.24) is 30.1 Å². The molecule has 0 radical (unpaired) electrons. The topological polar surface area (TPSA) is 82.5 Å². The van der Waals surface area contributed by atoms with E-state index >= 15 is 0 Å². The monoisotopic (exact) mass is 276 g/mol. The van der Waals surface area contributed by atoms with Gasteiger partial charge in [-0.25, -0.2) is 0 Å². The van der Waals surface area contributed by atoms with Crippen LogP contribution in [-0.4, -0.2) is 30.1 Å². The van der Waals surface area contributed by atoms with Crippen LogP contribution in [-0.2, 0) is 7.05 Å². The van der Waals surface area contributed by atoms with Crippen LogP contribution in [0.1, 0.15) is 5.69 Å². The molecule has 0 unspecified atom stereocenters. The van der Waals surface area contributed by atoms with Crippen molar-refractivity contribution >= 4 is 11.6 Å². The summed E-state index contributed by atoms with van der Waals surface area (Å²) in [7, 11) is 1.76. The molecular formula is C11H9ClN6O. The Labute approximate surface area is 113 Å². The van der Waals surface area contributed by atoms with Crippen LogP contribution in [0.2, 0.25) is 5.02 Å². The van der Waals surface area contributed by atoms with Crippen molar-refractivity contribution in [3.05, 3.63) is 29.0 Å². The summed E-state index contributed by atoms with van der Waals surface area (Å²) in [4.78, 5) is 4.26. The minimum Gasteiger partial charge on any atom is -0.332 e. The predicted molar refractivity (Wildman–Crippen MR) is 67.3 cm³/mol. The van der Waals surface area contributed by atoms with Crippen molar-refractivity contribution in [2.75, 3.05) is 0 Å². The van der Waals surface area contributed by atoms with Gasteiger partial charge in [0.05, 0.1) is 10.7 Å². The molecule has 0 N–H and O–H groups in total. The summed E-state index contributed by atoms with van der Waals surface area (Å²) in [5.74, 6) is 0.659. The molecule has 0 aliphatic rings. The van der Waals surface area contributed by atoms with Crippen molar-refractivity contribution in [3.63, 3.8) is 0 Å². The van der Waals surface area contributed by atoms with E-state index in [2.05, 4.69) is 25.4 Å². The summed E-state index contributed by atoms with van der Waals surface area (Å²) in [5, 5.41) is 16.2. The van der Waals surface area contributed by atoms with Gasteiger partial charge in [0.15, 0.2) is 0 Å². The number of rotatable bonds is 2. The van der Waals surface area contributed by atoms with Crippen LogP contribution in [0, 0.1) is 6.92 Å². The van der Waals surface area contributed by atoms with E-state index in [4.69, 9.17) is 16.1 Å². The van der Waals surface area contributed by atoms with Crippen LogP contribution in [0.4, 0.5) is 0 Å². The third-order valence-electron chi connectivity index (χ3n) is 2.58. The average Bonchev–Trinajstić information content (AvgIpc) is 2.97. The fourth-order valence-corrected chi connectivity index (χ4v) is 1.95. The molecule has 0 saturated carbocycles. The van der Waals surface area contributed by atoms with Gasteiger partial charge in [-0.2, -0.15) is 15.2 Å². The van der Waals surface area contributed by atoms with Crippen LogP contribution < -0.4 is 0 Å². The second kappa shape index (κ2) is 4.43. The minimum atomic E-state index is 0.300. The lowest BCUT2D eigenvalue weighted by Gasteiger charge is -1.94. The fourth-order valence-electron chi connectivity index (χ4n) is 1.71. The van der Waals surface area contributed by atoms with Crippen LogP contribution in [0.15, 0.2) is 22.9 Å². The lowest BCUT2D eigenvalue weighted by Crippen LogP contribution is -1.94. The van der Waals surface area contributed by atoms with Crippen LogP contribution in [0.25, 0.3) is 23.1 Å². The number of halogens is 1. The Hall–Kier alpha value is -2.28. The Morgan fingerprint density at radius 2 is 2.21 bits per heavy atom. The van der Waals surface area contributed by atoms with Gasteiger partial charge < -0.3 is 4.52 Å². The Balaban J connectivity index is 2.07. The first kappa shape index (κ1) is 11.8. The Morgan fingerprint density at radius 1 is 1.37 bits per heavy atom. The molecule has 8 heteroatoms. The highest BCUT2D eigenvalue weighted by molar-refractivity contribution is 6.33. The molecule has 3 aromatic rings. The van der Waals surface area contributed by atoms with E-state index in [1.807, 2.05) is 6.92 Å². The fraction of sp³-hybridized carbons (Fsp3) is 0.182. The van der Waals surface area contributed by atoms with E-state index < -0.39 is 0 Å². The molecule has 0 saturated heterocycles. The zero-order chi connectivity index (χ0) is 13.4. The highest BCUT2D eigenvalue weighted by Gasteiger charge is 2.20. The average molecular weight is 277 g/mol. The Morgan fingerprint density at radius 3 is 2.84 bits per heavy atom. The van der Waals surface area contributed by atoms with Gasteiger partial charge in [0, 0.05) is 13.2 Å². The highest BCUT2D eigenvalue weighted by atomic mass is 35.5. The number of hydrogen-bond acceptors (Lipinski definition) is 6. The molecule has 0 bridgehead atoms. The largest absolute Gasteiger partial charge is 0.332 e. The zero-order valence-electron chi connectivity index (χ0n) is 10.2. The van der Waals surface area contributed by atoms with Gasteiger partial charge in [-0.15, -0.1) is 5.10 Å². The lowest BCUT2D eigenvalue weighted by atomic mass is 10.3. The summed E-state index contributed by atoms with van der Waals surface area (Å²) >= 11 is 6.16. The minimum absolute atomic E-state index is 0.300. The van der Waals surface area contributed by atoms with Crippen LogP contribution in [0.5, 0.6) is 0 Å². The van der Waals surface area contributed by atoms with E-state index in [0.717, 1.165) is 0 Å². The third-order valence-corrected chi connectivity index (χ3v) is 3.03. The second-order valence-electron chi connectivity index (χ2n) is 3.90. The number of hydrogen-bond donors (Lipinski definition) is 0. The molecule has 3 aromatic heterocycles. The van der Waals surface area contributed by atoms with E-state index in [9.17, 15) is 0 Å². The maximum Gasteiger partial charge on any atom is 0.278 e. The molecule has 7 nitrogen and oxygen atoms in total. The van der Waals surface area contributed by atoms with E-state index in [1.54, 1.807) is 30.1 Å². The van der Waals surface area contributed by atoms with Crippen molar-refractivity contribution < 1.29 is 4.52 Å². The van der Waals surface area contributed by atoms with Crippen LogP contribution >= 0.6 is 11.6 Å². The molecule has 19 heavy (non-hydrogen) atoms. The normalized spacial score (nSPS) is 10.9. The molecule has 0 aliphatic heterocycles. The predicted octanol–water partition coefficient (Wildman–Crippen LogP) is 1.89. The highest BCUT2D eigenvalue weighted by Crippen LogP contribution is 2.29. The summed E-state index contributed by atoms with van der Waals surface area (Å²) in [6.45, 7) is 1.81. The first-order valence-corrected chi connectivity index (χ1v) is 5.86. The molecule has 0 atom stereocenters. The number of aryl methyl sites for hydroxylation is 2. The van der Waals surface area contributed by atoms with Crippen molar-refractivity contribution in [2.45, 2.75) is 6.92 Å². The van der Waals surface area contributed by atoms with Gasteiger partial charge in [-0.1, -0.05) is 16.8 Å². The van der Waals surface area contributed by atoms with E-state index in [-0.39, 0.29) is 0 Å². The summed E-state index contributed by atoms with van der Waals surface area (Å²) in [6, 6.07) is 3.50. The van der Waals surface area contributed by atoms with E-state index in [1.165, 1.54) is 0 Å². The summed E-state index contributed by atoms with van der Waals surface area (Å²) in [6.07, 6.45) is 1.58. The SMILES string of the molecule is Cc1nn(C)c(-c2nc(-c3cccnn3)no2)c1Cl. The molecule has 0 aromatic carbocycles. The summed E-state index contributed by atoms with van der Waals surface area (Å²) in [5.41, 5.74) is 1.83. The third kappa shape index (κ3) is 1.97. The number of aromatic nitrogens is 6. The molecule has 0 fully saturated rings. The van der Waals surface area contributed by atoms with Crippen LogP contribution in [0.3, 0.4) is 0 Å². The molecule has 3 rings (SSSR count). The first-order chi connectivity index (χ1) is 9.16. The maximum absolute atomic E-state index is 6.16. The maximum atomic E-state index is 6.16. The van der Waals surface area contributed by atoms with Crippen molar-refractivity contribution in [1.29, 1.82) is 0 Å². The summed E-state index contributed by atoms with van der Waals surface area (Å²) < 4.78 is 6.81. The molecule has 3 heterocycles. The Bertz CT molecular complexity index is 720. The van der Waals surface area contributed by atoms with Gasteiger partial charge in [0.1, 0.15) is 11.4 Å². The second-order valence-corrected chi connectivity index (χ2v) is 4.28. The molecule has 96 valence electrons. The van der Waals surface area contributed by atoms with Crippen molar-refractivity contribution in [2.24, 2.45) is 7.05 Å². The molecule has 0 spiro atoms. The smallest absolute Gasteiger partial charge is 0.278 e. The molecular weight excluding hydrogens is 268 g/mol. The van der Waals surface area contributed by atoms with Gasteiger partial charge in [0.2, 0.25) is 5.82 Å². The first-order valence-electron chi connectivity index (χ1n) is 5.48. The quantitative estimate of drug-likeness (QED) is 0.711. The van der Waals surface area contributed by atoms with Gasteiger partial charge in [-0.3, -0.25) is 4.68 Å². The zero-order valence-corrected chi connectivity index (χ0v) is 11.0. The van der Waals surface area contributed by atoms with E-state index in [0.29, 0.717) is 33.8 Å². The van der Waals surface area contributed by atoms with Crippen molar-refractivity contribution in [3.8, 4) is 23.1 Å². The number of nitrogens with zero attached hydrogens (tertiary/aromatic N) is 6. The lowest BCUT2D eigenvalue weighted by molar-refractivity contribution is 0.428. The van der Waals surface area contributed by atoms with Gasteiger partial charge >= 0.3 is 0 Å². The van der Waals surface area contributed by atoms with Gasteiger partial charge in [-0.05, 0) is 19.1 Å². The van der Waals surface area contributed by atoms with Gasteiger partial charge in [0.25, 0.3) is 5.89 Å². The molecule has 0 amide bonds.